The molecule has 1 aliphatic heterocycles. The van der Waals surface area contributed by atoms with Crippen LogP contribution in [-0.4, -0.2) is 65.5 Å². The number of methoxy groups -OCH3 is 1. The van der Waals surface area contributed by atoms with Crippen LogP contribution in [0.2, 0.25) is 5.02 Å². The predicted molar refractivity (Wildman–Crippen MR) is 166 cm³/mol. The van der Waals surface area contributed by atoms with E-state index >= 15 is 4.39 Å². The van der Waals surface area contributed by atoms with E-state index in [0.717, 1.165) is 5.69 Å². The number of aryl methyl sites for hydroxylation is 1. The Bertz CT molecular complexity index is 1750. The van der Waals surface area contributed by atoms with Crippen molar-refractivity contribution in [3.05, 3.63) is 81.5 Å². The number of amides is 1. The molecule has 0 saturated carbocycles. The first-order valence-electron chi connectivity index (χ1n) is 13.8. The zero-order chi connectivity index (χ0) is 31.9. The number of ether oxygens (including phenoxy) is 3. The zero-order valence-electron chi connectivity index (χ0n) is 24.2. The van der Waals surface area contributed by atoms with Crippen molar-refractivity contribution in [2.75, 3.05) is 43.9 Å². The lowest BCUT2D eigenvalue weighted by Gasteiger charge is -2.18. The first-order chi connectivity index (χ1) is 21.8. The number of rotatable bonds is 12. The van der Waals surface area contributed by atoms with Crippen LogP contribution in [-0.2, 0) is 20.6 Å². The van der Waals surface area contributed by atoms with Crippen molar-refractivity contribution >= 4 is 35.5 Å². The molecule has 1 aromatic carbocycles. The molecule has 0 saturated heterocycles. The number of anilines is 2. The lowest BCUT2D eigenvalue weighted by Crippen LogP contribution is -2.30. The van der Waals surface area contributed by atoms with Gasteiger partial charge in [-0.25, -0.2) is 20.6 Å². The fraction of sp³-hybridized carbons (Fsp3) is 0.276. The molecule has 1 amide bonds. The standard InChI is InChI=1S/C29H31ClFN9O5/c1-43-8-9-44-10-11-45-29(42)36-24-7-2-17(15-34-24)26-27(31)38-28(37-26)23-6-4-20-12-18(13-25(41)40(20)23)21-14-19(30)3-5-22(21)39(33)16-35-32/h2-3,5,7,12-16,23H,4,6,8-11,32-33H2,1H3,(H,37,38)(H,34,36,42)/b35-16-/t23-/m0/s1. The fourth-order valence-electron chi connectivity index (χ4n) is 5.02. The summed E-state index contributed by atoms with van der Waals surface area (Å²) in [7, 11) is 1.56. The monoisotopic (exact) mass is 639 g/mol. The lowest BCUT2D eigenvalue weighted by atomic mass is 10.0. The second-order valence-corrected chi connectivity index (χ2v) is 10.4. The molecular formula is C29H31ClFN9O5. The number of hydrogen-bond donors (Lipinski definition) is 4. The number of hydrogen-bond acceptors (Lipinski definition) is 10. The summed E-state index contributed by atoms with van der Waals surface area (Å²) < 4.78 is 31.8. The summed E-state index contributed by atoms with van der Waals surface area (Å²) in [5, 5.41) is 7.65. The molecule has 236 valence electrons. The summed E-state index contributed by atoms with van der Waals surface area (Å²) >= 11 is 6.26. The van der Waals surface area contributed by atoms with E-state index in [9.17, 15) is 9.59 Å². The van der Waals surface area contributed by atoms with E-state index in [2.05, 4.69) is 25.4 Å². The first kappa shape index (κ1) is 31.6. The average molecular weight is 640 g/mol. The Balaban J connectivity index is 1.31. The molecule has 6 N–H and O–H groups in total. The summed E-state index contributed by atoms with van der Waals surface area (Å²) in [5.41, 5.74) is 2.72. The van der Waals surface area contributed by atoms with Gasteiger partial charge >= 0.3 is 6.09 Å². The number of imidazole rings is 1. The third kappa shape index (κ3) is 7.29. The van der Waals surface area contributed by atoms with E-state index in [1.54, 1.807) is 35.9 Å². The SMILES string of the molecule is COCCOCCOC(=O)Nc1ccc(-c2[nH]c([C@@H]3CCc4cc(-c5cc(Cl)ccc5N(N)/C=N\N)cc(=O)n43)nc2F)cn1. The topological polar surface area (TPSA) is 188 Å². The largest absolute Gasteiger partial charge is 0.447 e. The molecule has 0 radical (unpaired) electrons. The number of hydrazone groups is 1. The number of nitrogens with one attached hydrogen (secondary N) is 2. The van der Waals surface area contributed by atoms with Gasteiger partial charge in [0.05, 0.1) is 31.5 Å². The molecule has 45 heavy (non-hydrogen) atoms. The van der Waals surface area contributed by atoms with Crippen LogP contribution in [0.5, 0.6) is 0 Å². The Labute approximate surface area is 261 Å². The number of hydrazine groups is 1. The first-order valence-corrected chi connectivity index (χ1v) is 14.2. The molecule has 0 unspecified atom stereocenters. The molecule has 1 aliphatic rings. The number of nitrogens with two attached hydrogens (primary N) is 2. The highest BCUT2D eigenvalue weighted by Crippen LogP contribution is 2.36. The smallest absolute Gasteiger partial charge is 0.412 e. The molecule has 14 nitrogen and oxygen atoms in total. The van der Waals surface area contributed by atoms with E-state index in [4.69, 9.17) is 37.5 Å². The van der Waals surface area contributed by atoms with E-state index < -0.39 is 18.1 Å². The minimum atomic E-state index is -0.744. The molecule has 0 bridgehead atoms. The molecular weight excluding hydrogens is 609 g/mol. The maximum absolute atomic E-state index is 15.1. The highest BCUT2D eigenvalue weighted by molar-refractivity contribution is 6.31. The third-order valence-corrected chi connectivity index (χ3v) is 7.28. The molecule has 0 spiro atoms. The van der Waals surface area contributed by atoms with Crippen molar-refractivity contribution in [3.63, 3.8) is 0 Å². The van der Waals surface area contributed by atoms with Crippen LogP contribution in [0.4, 0.5) is 20.7 Å². The summed E-state index contributed by atoms with van der Waals surface area (Å²) in [6, 6.07) is 11.0. The number of nitrogens with zero attached hydrogens (tertiary/aromatic N) is 5. The number of carbonyl (C=O) groups excluding carboxylic acids is 1. The van der Waals surface area contributed by atoms with Gasteiger partial charge < -0.3 is 29.6 Å². The van der Waals surface area contributed by atoms with E-state index in [-0.39, 0.29) is 30.3 Å². The predicted octanol–water partition coefficient (Wildman–Crippen LogP) is 3.42. The Morgan fingerprint density at radius 1 is 1.22 bits per heavy atom. The highest BCUT2D eigenvalue weighted by atomic mass is 35.5. The second-order valence-electron chi connectivity index (χ2n) is 9.92. The number of benzene rings is 1. The Morgan fingerprint density at radius 3 is 2.80 bits per heavy atom. The van der Waals surface area contributed by atoms with Crippen molar-refractivity contribution in [2.45, 2.75) is 18.9 Å². The molecule has 4 aromatic rings. The number of pyridine rings is 2. The molecule has 16 heteroatoms. The summed E-state index contributed by atoms with van der Waals surface area (Å²) in [6.07, 6.45) is 3.00. The van der Waals surface area contributed by atoms with Gasteiger partial charge in [-0.1, -0.05) is 11.6 Å². The van der Waals surface area contributed by atoms with Crippen molar-refractivity contribution in [1.29, 1.82) is 0 Å². The van der Waals surface area contributed by atoms with Gasteiger partial charge in [-0.15, -0.1) is 0 Å². The second kappa shape index (κ2) is 14.3. The van der Waals surface area contributed by atoms with Crippen molar-refractivity contribution < 1.29 is 23.4 Å². The zero-order valence-corrected chi connectivity index (χ0v) is 25.0. The van der Waals surface area contributed by atoms with Crippen LogP contribution < -0.4 is 27.6 Å². The molecule has 5 rings (SSSR count). The molecule has 3 aromatic heterocycles. The van der Waals surface area contributed by atoms with Crippen LogP contribution in [0, 0.1) is 5.95 Å². The van der Waals surface area contributed by atoms with E-state index in [0.29, 0.717) is 59.3 Å². The number of carbonyl (C=O) groups is 1. The van der Waals surface area contributed by atoms with Gasteiger partial charge in [0.2, 0.25) is 5.95 Å². The van der Waals surface area contributed by atoms with Crippen LogP contribution in [0.25, 0.3) is 22.4 Å². The number of aromatic amines is 1. The van der Waals surface area contributed by atoms with Crippen LogP contribution in [0.15, 0.2) is 58.6 Å². The number of aromatic nitrogens is 4. The maximum Gasteiger partial charge on any atom is 0.412 e. The van der Waals surface area contributed by atoms with Crippen molar-refractivity contribution in [3.8, 4) is 22.4 Å². The van der Waals surface area contributed by atoms with Gasteiger partial charge in [0.15, 0.2) is 0 Å². The minimum absolute atomic E-state index is 0.0580. The van der Waals surface area contributed by atoms with Crippen molar-refractivity contribution in [2.24, 2.45) is 16.8 Å². The maximum atomic E-state index is 15.1. The van der Waals surface area contributed by atoms with Crippen molar-refractivity contribution in [1.82, 2.24) is 19.5 Å². The van der Waals surface area contributed by atoms with Gasteiger partial charge in [-0.3, -0.25) is 15.1 Å². The minimum Gasteiger partial charge on any atom is -0.447 e. The average Bonchev–Trinajstić information content (AvgIpc) is 3.63. The molecule has 0 aliphatic carbocycles. The summed E-state index contributed by atoms with van der Waals surface area (Å²) in [5.74, 6) is 11.1. The van der Waals surface area contributed by atoms with Crippen LogP contribution >= 0.6 is 11.6 Å². The molecule has 1 atom stereocenters. The Kier molecular flexibility index (Phi) is 10.0. The molecule has 0 fully saturated rings. The van der Waals surface area contributed by atoms with E-state index in [1.165, 1.54) is 29.7 Å². The lowest BCUT2D eigenvalue weighted by molar-refractivity contribution is 0.0447. The van der Waals surface area contributed by atoms with E-state index in [1.807, 2.05) is 6.07 Å². The third-order valence-electron chi connectivity index (χ3n) is 7.04. The Morgan fingerprint density at radius 2 is 2.04 bits per heavy atom. The normalized spacial score (nSPS) is 14.1. The quantitative estimate of drug-likeness (QED) is 0.0588. The van der Waals surface area contributed by atoms with Crippen LogP contribution in [0.3, 0.4) is 0 Å². The number of fused-ring (bicyclic) bond motifs is 1. The van der Waals surface area contributed by atoms with Crippen LogP contribution in [0.1, 0.15) is 24.0 Å². The molecule has 4 heterocycles. The van der Waals surface area contributed by atoms with Gasteiger partial charge in [0.25, 0.3) is 5.56 Å². The Hall–Kier alpha value is -4.83. The highest BCUT2D eigenvalue weighted by Gasteiger charge is 2.29. The van der Waals surface area contributed by atoms with Gasteiger partial charge in [0.1, 0.15) is 30.3 Å². The van der Waals surface area contributed by atoms with Gasteiger partial charge in [-0.2, -0.15) is 9.49 Å². The fourth-order valence-corrected chi connectivity index (χ4v) is 5.19. The summed E-state index contributed by atoms with van der Waals surface area (Å²) in [6.45, 7) is 1.13. The van der Waals surface area contributed by atoms with Gasteiger partial charge in [0, 0.05) is 41.2 Å². The number of H-pyrrole nitrogens is 1. The van der Waals surface area contributed by atoms with Gasteiger partial charge in [-0.05, 0) is 54.8 Å². The summed E-state index contributed by atoms with van der Waals surface area (Å²) in [4.78, 5) is 36.7. The number of halogens is 2.